The van der Waals surface area contributed by atoms with E-state index in [1.165, 1.54) is 0 Å². The molecule has 0 bridgehead atoms. The number of rotatable bonds is 9. The van der Waals surface area contributed by atoms with Crippen molar-refractivity contribution in [1.29, 1.82) is 0 Å². The third-order valence-electron chi connectivity index (χ3n) is 5.54. The van der Waals surface area contributed by atoms with E-state index in [2.05, 4.69) is 15.5 Å². The number of Topliss-reactive ketones (excluding diaryl/α,β-unsaturated/α-hetero) is 1. The highest BCUT2D eigenvalue weighted by molar-refractivity contribution is 5.99. The van der Waals surface area contributed by atoms with Crippen LogP contribution in [0.3, 0.4) is 0 Å². The predicted octanol–water partition coefficient (Wildman–Crippen LogP) is 2.26. The quantitative estimate of drug-likeness (QED) is 0.526. The van der Waals surface area contributed by atoms with Crippen LogP contribution in [-0.4, -0.2) is 70.5 Å². The van der Waals surface area contributed by atoms with Crippen molar-refractivity contribution in [2.75, 3.05) is 19.8 Å². The fourth-order valence-electron chi connectivity index (χ4n) is 3.83. The fraction of sp³-hybridized carbons (Fsp3) is 0.500. The first-order valence-electron chi connectivity index (χ1n) is 10.9. The van der Waals surface area contributed by atoms with Crippen molar-refractivity contribution < 1.29 is 32.4 Å². The third kappa shape index (κ3) is 6.13. The number of alkyl halides is 2. The number of ether oxygens (including phenoxy) is 1. The Balaban J connectivity index is 1.79. The number of hydrogen-bond acceptors (Lipinski definition) is 7. The van der Waals surface area contributed by atoms with E-state index in [4.69, 9.17) is 15.0 Å². The summed E-state index contributed by atoms with van der Waals surface area (Å²) in [6, 6.07) is 5.90. The van der Waals surface area contributed by atoms with E-state index < -0.39 is 48.1 Å². The van der Waals surface area contributed by atoms with Gasteiger partial charge in [0.2, 0.25) is 23.4 Å². The van der Waals surface area contributed by atoms with Crippen LogP contribution in [0.15, 0.2) is 34.9 Å². The molecule has 1 fully saturated rings. The molecule has 3 atom stereocenters. The Hall–Kier alpha value is -3.41. The van der Waals surface area contributed by atoms with Gasteiger partial charge in [0.25, 0.3) is 5.89 Å². The Kier molecular flexibility index (Phi) is 7.92. The minimum absolute atomic E-state index is 0.0689. The molecule has 2 heterocycles. The number of amides is 3. The monoisotopic (exact) mass is 479 g/mol. The summed E-state index contributed by atoms with van der Waals surface area (Å²) in [5, 5.41) is 6.31. The molecule has 10 nitrogen and oxygen atoms in total. The molecule has 1 aromatic carbocycles. The Morgan fingerprint density at radius 2 is 2.00 bits per heavy atom. The molecule has 0 radical (unpaired) electrons. The van der Waals surface area contributed by atoms with Crippen LogP contribution in [0.25, 0.3) is 11.4 Å². The summed E-state index contributed by atoms with van der Waals surface area (Å²) in [7, 11) is 0. The van der Waals surface area contributed by atoms with E-state index in [0.29, 0.717) is 12.5 Å². The average Bonchev–Trinajstić information content (AvgIpc) is 3.31. The van der Waals surface area contributed by atoms with Gasteiger partial charge in [-0.15, -0.1) is 0 Å². The smallest absolute Gasteiger partial charge is 0.315 e. The number of carbonyl (C=O) groups is 3. The predicted molar refractivity (Wildman–Crippen MR) is 116 cm³/mol. The normalized spacial score (nSPS) is 18.2. The van der Waals surface area contributed by atoms with Crippen molar-refractivity contribution in [3.8, 4) is 11.4 Å². The van der Waals surface area contributed by atoms with Crippen LogP contribution < -0.4 is 11.1 Å². The lowest BCUT2D eigenvalue weighted by atomic mass is 9.90. The van der Waals surface area contributed by atoms with Crippen molar-refractivity contribution in [3.63, 3.8) is 0 Å². The summed E-state index contributed by atoms with van der Waals surface area (Å²) in [6.45, 7) is 2.43. The van der Waals surface area contributed by atoms with Crippen LogP contribution in [0, 0.1) is 5.92 Å². The molecule has 1 saturated heterocycles. The summed E-state index contributed by atoms with van der Waals surface area (Å²) in [4.78, 5) is 43.1. The minimum Gasteiger partial charge on any atom is -0.377 e. The number of morpholine rings is 1. The zero-order valence-electron chi connectivity index (χ0n) is 18.9. The van der Waals surface area contributed by atoms with E-state index in [9.17, 15) is 23.2 Å². The summed E-state index contributed by atoms with van der Waals surface area (Å²) in [5.41, 5.74) is 6.03. The molecule has 0 spiro atoms. The standard InChI is InChI=1S/C22H27F2N5O5/c1-3-15(17(30)20-27-18(28-34-20)13-7-5-4-6-8-13)26-19(31)14(11-22(2,23)24)16-12-33-10-9-29(16)21(25)32/h4-8,14-16H,3,9-12H2,1-2H3,(H2,25,32)(H,26,31)/t14-,15-,16?/m0/s1. The number of aromatic nitrogens is 2. The van der Waals surface area contributed by atoms with Crippen molar-refractivity contribution in [2.45, 2.75) is 44.7 Å². The Bertz CT molecular complexity index is 1010. The molecule has 3 amide bonds. The molecular formula is C22H27F2N5O5. The van der Waals surface area contributed by atoms with Crippen LogP contribution in [0.5, 0.6) is 0 Å². The summed E-state index contributed by atoms with van der Waals surface area (Å²) >= 11 is 0. The first-order valence-corrected chi connectivity index (χ1v) is 10.9. The second kappa shape index (κ2) is 10.7. The van der Waals surface area contributed by atoms with Gasteiger partial charge < -0.3 is 25.2 Å². The maximum atomic E-state index is 14.0. The van der Waals surface area contributed by atoms with Gasteiger partial charge >= 0.3 is 6.03 Å². The lowest BCUT2D eigenvalue weighted by Crippen LogP contribution is -2.58. The number of primary amides is 1. The zero-order valence-corrected chi connectivity index (χ0v) is 18.9. The SMILES string of the molecule is CC[C@H](NC(=O)[C@@H](CC(C)(F)F)C1COCCN1C(N)=O)C(=O)c1nc(-c2ccccc2)no1. The molecule has 3 N–H and O–H groups in total. The molecule has 1 aliphatic rings. The van der Waals surface area contributed by atoms with Gasteiger partial charge in [0.05, 0.1) is 31.2 Å². The first-order chi connectivity index (χ1) is 16.1. The molecule has 34 heavy (non-hydrogen) atoms. The van der Waals surface area contributed by atoms with Crippen molar-refractivity contribution >= 4 is 17.7 Å². The molecule has 0 aliphatic carbocycles. The summed E-state index contributed by atoms with van der Waals surface area (Å²) in [6.07, 6.45) is -0.719. The van der Waals surface area contributed by atoms with Crippen molar-refractivity contribution in [1.82, 2.24) is 20.4 Å². The van der Waals surface area contributed by atoms with Crippen LogP contribution in [0.2, 0.25) is 0 Å². The van der Waals surface area contributed by atoms with Gasteiger partial charge in [0, 0.05) is 18.5 Å². The van der Waals surface area contributed by atoms with Crippen LogP contribution in [-0.2, 0) is 9.53 Å². The number of carbonyl (C=O) groups excluding carboxylic acids is 3. The molecule has 184 valence electrons. The van der Waals surface area contributed by atoms with Crippen molar-refractivity contribution in [2.24, 2.45) is 11.7 Å². The van der Waals surface area contributed by atoms with E-state index in [1.54, 1.807) is 31.2 Å². The fourth-order valence-corrected chi connectivity index (χ4v) is 3.83. The average molecular weight is 479 g/mol. The van der Waals surface area contributed by atoms with Gasteiger partial charge in [-0.1, -0.05) is 42.4 Å². The summed E-state index contributed by atoms with van der Waals surface area (Å²) in [5.74, 6) is -6.18. The number of benzene rings is 1. The number of halogens is 2. The number of ketones is 1. The number of nitrogens with zero attached hydrogens (tertiary/aromatic N) is 3. The summed E-state index contributed by atoms with van der Waals surface area (Å²) < 4.78 is 38.3. The van der Waals surface area contributed by atoms with E-state index in [-0.39, 0.29) is 37.9 Å². The highest BCUT2D eigenvalue weighted by atomic mass is 19.3. The highest BCUT2D eigenvalue weighted by Gasteiger charge is 2.42. The first kappa shape index (κ1) is 25.2. The Morgan fingerprint density at radius 3 is 2.62 bits per heavy atom. The maximum Gasteiger partial charge on any atom is 0.315 e. The zero-order chi connectivity index (χ0) is 24.9. The molecule has 1 aromatic heterocycles. The van der Waals surface area contributed by atoms with Gasteiger partial charge in [-0.2, -0.15) is 4.98 Å². The van der Waals surface area contributed by atoms with E-state index in [0.717, 1.165) is 4.90 Å². The third-order valence-corrected chi connectivity index (χ3v) is 5.54. The molecular weight excluding hydrogens is 452 g/mol. The van der Waals surface area contributed by atoms with Crippen LogP contribution >= 0.6 is 0 Å². The largest absolute Gasteiger partial charge is 0.377 e. The maximum absolute atomic E-state index is 14.0. The van der Waals surface area contributed by atoms with Gasteiger partial charge in [-0.3, -0.25) is 9.59 Å². The second-order valence-corrected chi connectivity index (χ2v) is 8.18. The van der Waals surface area contributed by atoms with E-state index >= 15 is 0 Å². The molecule has 2 aromatic rings. The second-order valence-electron chi connectivity index (χ2n) is 8.18. The van der Waals surface area contributed by atoms with Crippen LogP contribution in [0.1, 0.15) is 37.4 Å². The number of hydrogen-bond donors (Lipinski definition) is 2. The van der Waals surface area contributed by atoms with Gasteiger partial charge in [-0.25, -0.2) is 13.6 Å². The topological polar surface area (TPSA) is 141 Å². The molecule has 1 unspecified atom stereocenters. The number of nitrogens with one attached hydrogen (secondary N) is 1. The van der Waals surface area contributed by atoms with Crippen LogP contribution in [0.4, 0.5) is 13.6 Å². The minimum atomic E-state index is -3.22. The highest BCUT2D eigenvalue weighted by Crippen LogP contribution is 2.29. The van der Waals surface area contributed by atoms with E-state index in [1.807, 2.05) is 6.07 Å². The van der Waals surface area contributed by atoms with Gasteiger partial charge in [0.1, 0.15) is 0 Å². The molecule has 1 aliphatic heterocycles. The van der Waals surface area contributed by atoms with Gasteiger partial charge in [0.15, 0.2) is 0 Å². The Morgan fingerprint density at radius 1 is 1.29 bits per heavy atom. The molecule has 0 saturated carbocycles. The molecule has 3 rings (SSSR count). The lowest BCUT2D eigenvalue weighted by Gasteiger charge is -2.39. The lowest BCUT2D eigenvalue weighted by molar-refractivity contribution is -0.134. The Labute approximate surface area is 194 Å². The molecule has 12 heteroatoms. The number of nitrogens with two attached hydrogens (primary N) is 1. The van der Waals surface area contributed by atoms with Gasteiger partial charge in [-0.05, 0) is 13.3 Å². The van der Waals surface area contributed by atoms with Crippen molar-refractivity contribution in [3.05, 3.63) is 36.2 Å². The number of urea groups is 1.